The molecule has 3 aromatic carbocycles. The van der Waals surface area contributed by atoms with Crippen LogP contribution in [0, 0.1) is 0 Å². The monoisotopic (exact) mass is 857 g/mol. The van der Waals surface area contributed by atoms with Crippen molar-refractivity contribution in [3.05, 3.63) is 107 Å². The summed E-state index contributed by atoms with van der Waals surface area (Å²) < 4.78 is 5.97. The van der Waals surface area contributed by atoms with Crippen LogP contribution < -0.4 is 20.3 Å². The zero-order chi connectivity index (χ0) is 42.6. The first-order valence-corrected chi connectivity index (χ1v) is 22.2. The number of carbonyl (C=O) groups excluding carboxylic acids is 4. The maximum atomic E-state index is 13.2. The van der Waals surface area contributed by atoms with Gasteiger partial charge in [-0.1, -0.05) is 42.3 Å². The average Bonchev–Trinajstić information content (AvgIpc) is 3.85. The quantitative estimate of drug-likeness (QED) is 0.0829. The van der Waals surface area contributed by atoms with Crippen molar-refractivity contribution in [3.63, 3.8) is 0 Å². The fourth-order valence-electron chi connectivity index (χ4n) is 9.24. The number of likely N-dealkylation sites (tertiary alicyclic amines) is 1. The summed E-state index contributed by atoms with van der Waals surface area (Å²) in [6.07, 6.45) is 10.0. The van der Waals surface area contributed by atoms with Gasteiger partial charge in [-0.05, 0) is 97.8 Å². The molecule has 1 atom stereocenters. The molecule has 3 N–H and O–H groups in total. The summed E-state index contributed by atoms with van der Waals surface area (Å²) in [5.74, 6) is 1.65. The highest BCUT2D eigenvalue weighted by Gasteiger charge is 2.39. The molecule has 9 rings (SSSR count). The number of hydrogen-bond donors (Lipinski definition) is 3. The lowest BCUT2D eigenvalue weighted by Gasteiger charge is -2.36. The van der Waals surface area contributed by atoms with E-state index in [1.165, 1.54) is 0 Å². The van der Waals surface area contributed by atoms with Crippen molar-refractivity contribution in [1.82, 2.24) is 35.0 Å². The smallest absolute Gasteiger partial charge is 0.255 e. The van der Waals surface area contributed by atoms with Crippen LogP contribution in [-0.4, -0.2) is 111 Å². The van der Waals surface area contributed by atoms with Gasteiger partial charge in [0, 0.05) is 93.6 Å². The number of piperazine rings is 1. The summed E-state index contributed by atoms with van der Waals surface area (Å²) in [4.78, 5) is 71.3. The first-order chi connectivity index (χ1) is 30.3. The third kappa shape index (κ3) is 9.26. The Hall–Kier alpha value is -5.99. The molecule has 4 aliphatic rings. The molecule has 0 saturated carbocycles. The summed E-state index contributed by atoms with van der Waals surface area (Å²) >= 11 is 6.75. The molecule has 0 unspecified atom stereocenters. The number of benzene rings is 3. The third-order valence-corrected chi connectivity index (χ3v) is 13.1. The van der Waals surface area contributed by atoms with Crippen LogP contribution in [-0.2, 0) is 27.3 Å². The number of H-pyrrole nitrogens is 1. The largest absolute Gasteiger partial charge is 0.457 e. The Morgan fingerprint density at radius 3 is 2.47 bits per heavy atom. The van der Waals surface area contributed by atoms with Crippen molar-refractivity contribution < 1.29 is 23.9 Å². The molecule has 2 aromatic heterocycles. The van der Waals surface area contributed by atoms with Crippen LogP contribution in [0.25, 0.3) is 11.0 Å². The highest BCUT2D eigenvalue weighted by atomic mass is 35.5. The van der Waals surface area contributed by atoms with E-state index in [4.69, 9.17) is 16.3 Å². The van der Waals surface area contributed by atoms with E-state index in [0.717, 1.165) is 123 Å². The first-order valence-electron chi connectivity index (χ1n) is 21.9. The Balaban J connectivity index is 0.682. The highest BCUT2D eigenvalue weighted by molar-refractivity contribution is 6.31. The van der Waals surface area contributed by atoms with Crippen molar-refractivity contribution in [1.29, 1.82) is 0 Å². The zero-order valence-corrected chi connectivity index (χ0v) is 35.5. The molecule has 0 aliphatic carbocycles. The molecule has 3 fully saturated rings. The Kier molecular flexibility index (Phi) is 12.4. The van der Waals surface area contributed by atoms with Gasteiger partial charge >= 0.3 is 0 Å². The number of aromatic nitrogens is 3. The van der Waals surface area contributed by atoms with Crippen molar-refractivity contribution >= 4 is 57.8 Å². The van der Waals surface area contributed by atoms with Crippen molar-refractivity contribution in [2.24, 2.45) is 0 Å². The molecule has 0 radical (unpaired) electrons. The van der Waals surface area contributed by atoms with Crippen LogP contribution in [0.2, 0.25) is 5.02 Å². The second-order valence-electron chi connectivity index (χ2n) is 16.8. The number of ether oxygens (including phenoxy) is 1. The first kappa shape index (κ1) is 41.4. The summed E-state index contributed by atoms with van der Waals surface area (Å²) in [5, 5.41) is 7.62. The number of nitrogens with zero attached hydrogens (tertiary/aromatic N) is 6. The highest BCUT2D eigenvalue weighted by Crippen LogP contribution is 2.33. The van der Waals surface area contributed by atoms with Crippen LogP contribution >= 0.6 is 11.6 Å². The average molecular weight is 858 g/mol. The van der Waals surface area contributed by atoms with Crippen LogP contribution in [0.3, 0.4) is 0 Å². The third-order valence-electron chi connectivity index (χ3n) is 12.7. The van der Waals surface area contributed by atoms with Gasteiger partial charge in [-0.3, -0.25) is 29.4 Å². The second kappa shape index (κ2) is 18.5. The van der Waals surface area contributed by atoms with Gasteiger partial charge < -0.3 is 29.7 Å². The minimum absolute atomic E-state index is 0.144. The van der Waals surface area contributed by atoms with Crippen molar-refractivity contribution in [2.75, 3.05) is 56.0 Å². The molecule has 322 valence electrons. The number of para-hydroxylation sites is 1. The molecule has 0 spiro atoms. The van der Waals surface area contributed by atoms with Gasteiger partial charge in [0.15, 0.2) is 0 Å². The van der Waals surface area contributed by atoms with Gasteiger partial charge in [-0.25, -0.2) is 9.97 Å². The molecule has 14 nitrogen and oxygen atoms in total. The number of nitrogens with one attached hydrogen (secondary N) is 3. The minimum atomic E-state index is -0.605. The number of hydrogen-bond acceptors (Lipinski definition) is 10. The molecule has 62 heavy (non-hydrogen) atoms. The molecule has 3 saturated heterocycles. The number of anilines is 2. The lowest BCUT2D eigenvalue weighted by molar-refractivity contribution is -0.137. The second-order valence-corrected chi connectivity index (χ2v) is 17.2. The standard InChI is InChI=1S/C47H52ClN9O5/c48-39-27-37(62-36-7-3-1-4-8-36)12-10-31(39)25-32-28-49-44-43(32)45(51-30-50-44)52-34-16-19-56(20-17-34)42(59)9-5-2-6-18-54-21-23-55(24-22-54)35-11-13-38-33(26-35)29-57(47(38)61)40-14-15-41(58)53-46(40)60/h1,3-4,7-8,10-13,26-28,30,34,40H,2,5-6,9,14-25,29H2,(H,53,58,60)(H2,49,50,51,52)/t40-/m0/s1. The van der Waals surface area contributed by atoms with E-state index in [2.05, 4.69) is 41.5 Å². The van der Waals surface area contributed by atoms with E-state index in [-0.39, 0.29) is 36.1 Å². The fourth-order valence-corrected chi connectivity index (χ4v) is 9.48. The predicted molar refractivity (Wildman–Crippen MR) is 237 cm³/mol. The van der Waals surface area contributed by atoms with Gasteiger partial charge in [-0.15, -0.1) is 0 Å². The number of imide groups is 1. The Morgan fingerprint density at radius 2 is 1.68 bits per heavy atom. The minimum Gasteiger partial charge on any atom is -0.457 e. The van der Waals surface area contributed by atoms with E-state index in [0.29, 0.717) is 42.1 Å². The van der Waals surface area contributed by atoms with Gasteiger partial charge in [0.1, 0.15) is 35.3 Å². The van der Waals surface area contributed by atoms with Gasteiger partial charge in [0.2, 0.25) is 17.7 Å². The van der Waals surface area contributed by atoms with Crippen LogP contribution in [0.15, 0.2) is 79.3 Å². The topological polar surface area (TPSA) is 156 Å². The van der Waals surface area contributed by atoms with E-state index >= 15 is 0 Å². The number of piperidine rings is 2. The summed E-state index contributed by atoms with van der Waals surface area (Å²) in [6.45, 7) is 6.56. The fraction of sp³-hybridized carbons (Fsp3) is 0.404. The van der Waals surface area contributed by atoms with E-state index in [9.17, 15) is 19.2 Å². The number of fused-ring (bicyclic) bond motifs is 2. The van der Waals surface area contributed by atoms with Crippen LogP contribution in [0.1, 0.15) is 78.4 Å². The molecular formula is C47H52ClN9O5. The molecule has 15 heteroatoms. The van der Waals surface area contributed by atoms with Crippen LogP contribution in [0.5, 0.6) is 11.5 Å². The predicted octanol–water partition coefficient (Wildman–Crippen LogP) is 6.54. The van der Waals surface area contributed by atoms with E-state index in [1.54, 1.807) is 11.2 Å². The normalized spacial score (nSPS) is 18.6. The number of carbonyl (C=O) groups is 4. The van der Waals surface area contributed by atoms with E-state index in [1.807, 2.05) is 71.8 Å². The molecule has 0 bridgehead atoms. The van der Waals surface area contributed by atoms with Crippen molar-refractivity contribution in [3.8, 4) is 11.5 Å². The number of aromatic amines is 1. The molecule has 4 amide bonds. The maximum Gasteiger partial charge on any atom is 0.255 e. The number of rotatable bonds is 14. The molecule has 5 aromatic rings. The summed E-state index contributed by atoms with van der Waals surface area (Å²) in [7, 11) is 0. The summed E-state index contributed by atoms with van der Waals surface area (Å²) in [5.41, 5.74) is 5.46. The summed E-state index contributed by atoms with van der Waals surface area (Å²) in [6, 6.07) is 21.0. The Bertz CT molecular complexity index is 2450. The lowest BCUT2D eigenvalue weighted by atomic mass is 10.0. The Morgan fingerprint density at radius 1 is 0.855 bits per heavy atom. The zero-order valence-electron chi connectivity index (χ0n) is 34.8. The maximum absolute atomic E-state index is 13.2. The SMILES string of the molecule is O=C1CC[C@H](N2Cc3cc(N4CCN(CCCCCC(=O)N5CCC(Nc6ncnc7[nH]cc(Cc8ccc(Oc9ccccc9)cc8Cl)c67)CC5)CC4)ccc3C2=O)C(=O)N1. The Labute approximate surface area is 366 Å². The van der Waals surface area contributed by atoms with Crippen LogP contribution in [0.4, 0.5) is 11.5 Å². The lowest BCUT2D eigenvalue weighted by Crippen LogP contribution is -2.52. The molecular weight excluding hydrogens is 806 g/mol. The number of unbranched alkanes of at least 4 members (excludes halogenated alkanes) is 2. The number of halogens is 1. The van der Waals surface area contributed by atoms with Gasteiger partial charge in [0.25, 0.3) is 5.91 Å². The van der Waals surface area contributed by atoms with Gasteiger partial charge in [0.05, 0.1) is 5.39 Å². The van der Waals surface area contributed by atoms with Gasteiger partial charge in [-0.2, -0.15) is 0 Å². The number of amides is 4. The molecule has 6 heterocycles. The molecule has 4 aliphatic heterocycles. The van der Waals surface area contributed by atoms with Crippen molar-refractivity contribution in [2.45, 2.75) is 76.4 Å². The van der Waals surface area contributed by atoms with E-state index < -0.39 is 6.04 Å².